The quantitative estimate of drug-likeness (QED) is 0.642. The first-order valence-corrected chi connectivity index (χ1v) is 6.74. The molecular formula is C14H31NO. The van der Waals surface area contributed by atoms with Gasteiger partial charge in [0.2, 0.25) is 0 Å². The molecule has 0 radical (unpaired) electrons. The Kier molecular flexibility index (Phi) is 8.04. The standard InChI is InChI=1S/C14H31NO/c1-7-10-15-13(12(2)3)9-8-11-16-14(4,5)6/h12-13,15H,7-11H2,1-6H3. The summed E-state index contributed by atoms with van der Waals surface area (Å²) in [5.41, 5.74) is 0.00414. The molecule has 1 N–H and O–H groups in total. The van der Waals surface area contributed by atoms with Gasteiger partial charge in [0.05, 0.1) is 5.60 Å². The lowest BCUT2D eigenvalue weighted by Gasteiger charge is -2.24. The second kappa shape index (κ2) is 8.08. The third-order valence-electron chi connectivity index (χ3n) is 2.66. The number of nitrogens with one attached hydrogen (secondary N) is 1. The van der Waals surface area contributed by atoms with Gasteiger partial charge in [0.1, 0.15) is 0 Å². The monoisotopic (exact) mass is 229 g/mol. The van der Waals surface area contributed by atoms with Crippen LogP contribution in [0.15, 0.2) is 0 Å². The molecule has 0 aromatic carbocycles. The Morgan fingerprint density at radius 1 is 1.19 bits per heavy atom. The van der Waals surface area contributed by atoms with Gasteiger partial charge >= 0.3 is 0 Å². The van der Waals surface area contributed by atoms with Crippen LogP contribution in [0.4, 0.5) is 0 Å². The summed E-state index contributed by atoms with van der Waals surface area (Å²) in [6, 6.07) is 0.642. The van der Waals surface area contributed by atoms with Crippen LogP contribution in [0.1, 0.15) is 60.8 Å². The van der Waals surface area contributed by atoms with Crippen molar-refractivity contribution in [3.63, 3.8) is 0 Å². The van der Waals surface area contributed by atoms with Crippen molar-refractivity contribution in [2.24, 2.45) is 5.92 Å². The van der Waals surface area contributed by atoms with Gasteiger partial charge in [-0.2, -0.15) is 0 Å². The molecule has 0 aliphatic rings. The van der Waals surface area contributed by atoms with Gasteiger partial charge in [-0.25, -0.2) is 0 Å². The van der Waals surface area contributed by atoms with Gasteiger partial charge in [0, 0.05) is 12.6 Å². The molecule has 0 heterocycles. The van der Waals surface area contributed by atoms with E-state index in [9.17, 15) is 0 Å². The highest BCUT2D eigenvalue weighted by atomic mass is 16.5. The van der Waals surface area contributed by atoms with Crippen molar-refractivity contribution in [3.05, 3.63) is 0 Å². The molecule has 0 saturated heterocycles. The summed E-state index contributed by atoms with van der Waals surface area (Å²) in [6.07, 6.45) is 3.58. The smallest absolute Gasteiger partial charge is 0.0598 e. The Morgan fingerprint density at radius 3 is 2.25 bits per heavy atom. The summed E-state index contributed by atoms with van der Waals surface area (Å²) in [6.45, 7) is 15.1. The Balaban J connectivity index is 3.68. The van der Waals surface area contributed by atoms with Gasteiger partial charge in [-0.05, 0) is 52.5 Å². The van der Waals surface area contributed by atoms with Crippen molar-refractivity contribution < 1.29 is 4.74 Å². The van der Waals surface area contributed by atoms with Gasteiger partial charge in [-0.3, -0.25) is 0 Å². The van der Waals surface area contributed by atoms with Crippen molar-refractivity contribution in [3.8, 4) is 0 Å². The van der Waals surface area contributed by atoms with Crippen LogP contribution in [0.2, 0.25) is 0 Å². The lowest BCUT2D eigenvalue weighted by Crippen LogP contribution is -2.34. The fourth-order valence-electron chi connectivity index (χ4n) is 1.68. The Labute approximate surface area is 102 Å². The van der Waals surface area contributed by atoms with Crippen LogP contribution in [0.25, 0.3) is 0 Å². The van der Waals surface area contributed by atoms with Crippen molar-refractivity contribution >= 4 is 0 Å². The summed E-state index contributed by atoms with van der Waals surface area (Å²) in [5.74, 6) is 0.709. The van der Waals surface area contributed by atoms with E-state index in [4.69, 9.17) is 4.74 Å². The van der Waals surface area contributed by atoms with Gasteiger partial charge in [0.15, 0.2) is 0 Å². The van der Waals surface area contributed by atoms with E-state index < -0.39 is 0 Å². The van der Waals surface area contributed by atoms with E-state index in [1.165, 1.54) is 12.8 Å². The fourth-order valence-corrected chi connectivity index (χ4v) is 1.68. The zero-order valence-electron chi connectivity index (χ0n) is 12.1. The van der Waals surface area contributed by atoms with E-state index in [-0.39, 0.29) is 5.60 Å². The third kappa shape index (κ3) is 9.17. The van der Waals surface area contributed by atoms with Crippen LogP contribution in [-0.4, -0.2) is 24.8 Å². The molecule has 2 heteroatoms. The number of ether oxygens (including phenoxy) is 1. The van der Waals surface area contributed by atoms with Crippen molar-refractivity contribution in [1.29, 1.82) is 0 Å². The largest absolute Gasteiger partial charge is 0.376 e. The molecule has 98 valence electrons. The highest BCUT2D eigenvalue weighted by Crippen LogP contribution is 2.12. The summed E-state index contributed by atoms with van der Waals surface area (Å²) in [7, 11) is 0. The first-order valence-electron chi connectivity index (χ1n) is 6.74. The predicted octanol–water partition coefficient (Wildman–Crippen LogP) is 3.61. The predicted molar refractivity (Wildman–Crippen MR) is 71.9 cm³/mol. The SMILES string of the molecule is CCCNC(CCCOC(C)(C)C)C(C)C. The van der Waals surface area contributed by atoms with Crippen molar-refractivity contribution in [2.45, 2.75) is 72.4 Å². The van der Waals surface area contributed by atoms with E-state index in [2.05, 4.69) is 46.9 Å². The first-order chi connectivity index (χ1) is 7.37. The zero-order chi connectivity index (χ0) is 12.6. The molecule has 1 unspecified atom stereocenters. The van der Waals surface area contributed by atoms with Gasteiger partial charge < -0.3 is 10.1 Å². The maximum atomic E-state index is 5.74. The average Bonchev–Trinajstić information content (AvgIpc) is 2.14. The average molecular weight is 229 g/mol. The summed E-state index contributed by atoms with van der Waals surface area (Å²) < 4.78 is 5.74. The first kappa shape index (κ1) is 15.9. The minimum atomic E-state index is 0.00414. The molecule has 0 aliphatic heterocycles. The zero-order valence-corrected chi connectivity index (χ0v) is 12.1. The minimum absolute atomic E-state index is 0.00414. The number of hydrogen-bond acceptors (Lipinski definition) is 2. The van der Waals surface area contributed by atoms with Gasteiger partial charge in [0.25, 0.3) is 0 Å². The van der Waals surface area contributed by atoms with Gasteiger partial charge in [-0.1, -0.05) is 20.8 Å². The van der Waals surface area contributed by atoms with E-state index in [0.29, 0.717) is 12.0 Å². The molecule has 2 nitrogen and oxygen atoms in total. The van der Waals surface area contributed by atoms with Crippen LogP contribution in [0.5, 0.6) is 0 Å². The van der Waals surface area contributed by atoms with E-state index in [1.54, 1.807) is 0 Å². The maximum Gasteiger partial charge on any atom is 0.0598 e. The normalized spacial score (nSPS) is 14.4. The molecule has 0 aliphatic carbocycles. The summed E-state index contributed by atoms with van der Waals surface area (Å²) in [4.78, 5) is 0. The molecule has 1 atom stereocenters. The summed E-state index contributed by atoms with van der Waals surface area (Å²) in [5, 5.41) is 3.61. The van der Waals surface area contributed by atoms with Crippen molar-refractivity contribution in [2.75, 3.05) is 13.2 Å². The fraction of sp³-hybridized carbons (Fsp3) is 1.00. The lowest BCUT2D eigenvalue weighted by molar-refractivity contribution is -0.00577. The van der Waals surface area contributed by atoms with E-state index >= 15 is 0 Å². The van der Waals surface area contributed by atoms with Crippen LogP contribution in [0, 0.1) is 5.92 Å². The topological polar surface area (TPSA) is 21.3 Å². The van der Waals surface area contributed by atoms with Crippen molar-refractivity contribution in [1.82, 2.24) is 5.32 Å². The molecule has 16 heavy (non-hydrogen) atoms. The maximum absolute atomic E-state index is 5.74. The second-order valence-corrected chi connectivity index (χ2v) is 5.91. The van der Waals surface area contributed by atoms with E-state index in [1.807, 2.05) is 0 Å². The lowest BCUT2D eigenvalue weighted by atomic mass is 9.99. The number of hydrogen-bond donors (Lipinski definition) is 1. The Bertz CT molecular complexity index is 161. The van der Waals surface area contributed by atoms with Gasteiger partial charge in [-0.15, -0.1) is 0 Å². The molecule has 0 aromatic heterocycles. The second-order valence-electron chi connectivity index (χ2n) is 5.91. The Hall–Kier alpha value is -0.0800. The molecule has 0 amide bonds. The van der Waals surface area contributed by atoms with Crippen LogP contribution in [-0.2, 0) is 4.74 Å². The Morgan fingerprint density at radius 2 is 1.81 bits per heavy atom. The highest BCUT2D eigenvalue weighted by molar-refractivity contribution is 4.70. The number of rotatable bonds is 8. The molecule has 0 aromatic rings. The molecular weight excluding hydrogens is 198 g/mol. The molecule has 0 saturated carbocycles. The highest BCUT2D eigenvalue weighted by Gasteiger charge is 2.13. The van der Waals surface area contributed by atoms with Crippen LogP contribution >= 0.6 is 0 Å². The summed E-state index contributed by atoms with van der Waals surface area (Å²) >= 11 is 0. The van der Waals surface area contributed by atoms with Crippen LogP contribution in [0.3, 0.4) is 0 Å². The molecule has 0 fully saturated rings. The molecule has 0 spiro atoms. The molecule has 0 rings (SSSR count). The third-order valence-corrected chi connectivity index (χ3v) is 2.66. The minimum Gasteiger partial charge on any atom is -0.376 e. The molecule has 0 bridgehead atoms. The van der Waals surface area contributed by atoms with Crippen LogP contribution < -0.4 is 5.32 Å². The van der Waals surface area contributed by atoms with E-state index in [0.717, 1.165) is 19.6 Å².